The van der Waals surface area contributed by atoms with Gasteiger partial charge in [-0.2, -0.15) is 0 Å². The minimum atomic E-state index is -0.356. The van der Waals surface area contributed by atoms with Crippen LogP contribution < -0.4 is 16.4 Å². The molecule has 19 heavy (non-hydrogen) atoms. The smallest absolute Gasteiger partial charge is 0.290 e. The summed E-state index contributed by atoms with van der Waals surface area (Å²) in [5.41, 5.74) is 8.16. The zero-order chi connectivity index (χ0) is 14.0. The van der Waals surface area contributed by atoms with E-state index < -0.39 is 0 Å². The first-order valence-electron chi connectivity index (χ1n) is 5.86. The van der Waals surface area contributed by atoms with Crippen molar-refractivity contribution >= 4 is 40.4 Å². The van der Waals surface area contributed by atoms with Crippen molar-refractivity contribution in [1.29, 1.82) is 0 Å². The van der Waals surface area contributed by atoms with Crippen LogP contribution >= 0.6 is 11.8 Å². The summed E-state index contributed by atoms with van der Waals surface area (Å²) in [6, 6.07) is 5.70. The summed E-state index contributed by atoms with van der Waals surface area (Å²) in [5, 5.41) is 5.11. The van der Waals surface area contributed by atoms with Gasteiger partial charge in [0.15, 0.2) is 0 Å². The summed E-state index contributed by atoms with van der Waals surface area (Å²) in [5.74, 6) is -0.356. The third-order valence-corrected chi connectivity index (χ3v) is 3.27. The predicted octanol–water partition coefficient (Wildman–Crippen LogP) is 2.41. The summed E-state index contributed by atoms with van der Waals surface area (Å²) in [6.45, 7) is 4.03. The molecule has 6 heteroatoms. The van der Waals surface area contributed by atoms with Crippen molar-refractivity contribution in [1.82, 2.24) is 5.32 Å². The highest BCUT2D eigenvalue weighted by Gasteiger charge is 2.24. The van der Waals surface area contributed by atoms with Crippen LogP contribution in [0.4, 0.5) is 16.2 Å². The fourth-order valence-electron chi connectivity index (χ4n) is 1.67. The molecule has 2 rings (SSSR count). The molecule has 0 bridgehead atoms. The van der Waals surface area contributed by atoms with Crippen LogP contribution in [0, 0.1) is 0 Å². The zero-order valence-corrected chi connectivity index (χ0v) is 11.5. The van der Waals surface area contributed by atoms with E-state index in [2.05, 4.69) is 10.6 Å². The fourth-order valence-corrected chi connectivity index (χ4v) is 2.35. The molecule has 2 amide bonds. The van der Waals surface area contributed by atoms with Crippen molar-refractivity contribution in [3.63, 3.8) is 0 Å². The maximum Gasteiger partial charge on any atom is 0.290 e. The van der Waals surface area contributed by atoms with Crippen molar-refractivity contribution < 1.29 is 9.59 Å². The van der Waals surface area contributed by atoms with E-state index in [9.17, 15) is 9.59 Å². The molecule has 0 unspecified atom stereocenters. The van der Waals surface area contributed by atoms with E-state index in [0.29, 0.717) is 10.6 Å². The zero-order valence-electron chi connectivity index (χ0n) is 10.7. The standard InChI is InChI=1S/C13H15N3O2S/c1-7(2)15-10-5-8(3-4-9(10)14)6-11-12(17)16-13(18)19-11/h3-7,15H,14H2,1-2H3,(H,16,17,18). The lowest BCUT2D eigenvalue weighted by Crippen LogP contribution is -2.17. The lowest BCUT2D eigenvalue weighted by Gasteiger charge is -2.13. The number of nitrogen functional groups attached to an aromatic ring is 1. The molecule has 0 aliphatic carbocycles. The molecule has 0 radical (unpaired) electrons. The Morgan fingerprint density at radius 1 is 1.37 bits per heavy atom. The topological polar surface area (TPSA) is 84.2 Å². The minimum absolute atomic E-state index is 0.260. The summed E-state index contributed by atoms with van der Waals surface area (Å²) < 4.78 is 0. The van der Waals surface area contributed by atoms with Crippen molar-refractivity contribution in [2.45, 2.75) is 19.9 Å². The number of hydrogen-bond donors (Lipinski definition) is 3. The third-order valence-electron chi connectivity index (χ3n) is 2.46. The van der Waals surface area contributed by atoms with Gasteiger partial charge in [-0.25, -0.2) is 0 Å². The molecule has 0 aromatic heterocycles. The molecular weight excluding hydrogens is 262 g/mol. The van der Waals surface area contributed by atoms with E-state index in [1.54, 1.807) is 12.1 Å². The van der Waals surface area contributed by atoms with Crippen LogP contribution in [-0.2, 0) is 4.79 Å². The molecule has 1 heterocycles. The average molecular weight is 277 g/mol. The van der Waals surface area contributed by atoms with Crippen LogP contribution in [-0.4, -0.2) is 17.2 Å². The lowest BCUT2D eigenvalue weighted by atomic mass is 10.1. The molecule has 0 spiro atoms. The summed E-state index contributed by atoms with van der Waals surface area (Å²) in [7, 11) is 0. The van der Waals surface area contributed by atoms with Crippen LogP contribution in [0.5, 0.6) is 0 Å². The second-order valence-corrected chi connectivity index (χ2v) is 5.51. The number of benzene rings is 1. The van der Waals surface area contributed by atoms with Crippen molar-refractivity contribution in [2.24, 2.45) is 0 Å². The first kappa shape index (κ1) is 13.5. The number of amides is 2. The molecule has 4 N–H and O–H groups in total. The molecule has 1 aliphatic heterocycles. The van der Waals surface area contributed by atoms with Crippen LogP contribution in [0.15, 0.2) is 23.1 Å². The molecule has 0 saturated carbocycles. The van der Waals surface area contributed by atoms with Gasteiger partial charge in [0.05, 0.1) is 16.3 Å². The predicted molar refractivity (Wildman–Crippen MR) is 78.7 cm³/mol. The maximum absolute atomic E-state index is 11.5. The van der Waals surface area contributed by atoms with Crippen molar-refractivity contribution in [3.05, 3.63) is 28.7 Å². The highest BCUT2D eigenvalue weighted by Crippen LogP contribution is 2.28. The van der Waals surface area contributed by atoms with Gasteiger partial charge < -0.3 is 11.1 Å². The third kappa shape index (κ3) is 3.29. The van der Waals surface area contributed by atoms with Gasteiger partial charge in [-0.15, -0.1) is 0 Å². The van der Waals surface area contributed by atoms with E-state index in [1.165, 1.54) is 0 Å². The molecule has 1 fully saturated rings. The highest BCUT2D eigenvalue weighted by molar-refractivity contribution is 8.18. The molecule has 1 aliphatic rings. The maximum atomic E-state index is 11.5. The van der Waals surface area contributed by atoms with E-state index in [1.807, 2.05) is 26.0 Å². The average Bonchev–Trinajstić information content (AvgIpc) is 2.61. The molecule has 0 atom stereocenters. The number of nitrogens with one attached hydrogen (secondary N) is 2. The van der Waals surface area contributed by atoms with Crippen LogP contribution in [0.3, 0.4) is 0 Å². The minimum Gasteiger partial charge on any atom is -0.397 e. The first-order chi connectivity index (χ1) is 8.95. The van der Waals surface area contributed by atoms with E-state index >= 15 is 0 Å². The van der Waals surface area contributed by atoms with E-state index in [-0.39, 0.29) is 17.2 Å². The Balaban J connectivity index is 2.29. The van der Waals surface area contributed by atoms with Crippen molar-refractivity contribution in [2.75, 3.05) is 11.1 Å². The van der Waals surface area contributed by atoms with Gasteiger partial charge in [0.25, 0.3) is 11.1 Å². The van der Waals surface area contributed by atoms with Gasteiger partial charge in [0.2, 0.25) is 0 Å². The quantitative estimate of drug-likeness (QED) is 0.583. The number of anilines is 2. The number of nitrogens with two attached hydrogens (primary N) is 1. The van der Waals surface area contributed by atoms with E-state index in [0.717, 1.165) is 23.0 Å². The summed E-state index contributed by atoms with van der Waals surface area (Å²) >= 11 is 0.902. The Morgan fingerprint density at radius 3 is 2.68 bits per heavy atom. The highest BCUT2D eigenvalue weighted by atomic mass is 32.2. The summed E-state index contributed by atoms with van der Waals surface area (Å²) in [6.07, 6.45) is 1.68. The Labute approximate surface area is 115 Å². The lowest BCUT2D eigenvalue weighted by molar-refractivity contribution is -0.115. The number of thioether (sulfide) groups is 1. The Morgan fingerprint density at radius 2 is 2.11 bits per heavy atom. The van der Waals surface area contributed by atoms with Gasteiger partial charge in [-0.1, -0.05) is 6.07 Å². The Kier molecular flexibility index (Phi) is 3.80. The Hall–Kier alpha value is -1.95. The number of imide groups is 1. The molecular formula is C13H15N3O2S. The summed E-state index contributed by atoms with van der Waals surface area (Å²) in [4.78, 5) is 22.9. The molecule has 1 aromatic carbocycles. The van der Waals surface area contributed by atoms with Crippen LogP contribution in [0.25, 0.3) is 6.08 Å². The first-order valence-corrected chi connectivity index (χ1v) is 6.68. The van der Waals surface area contributed by atoms with Crippen LogP contribution in [0.1, 0.15) is 19.4 Å². The second kappa shape index (κ2) is 5.36. The number of carbonyl (C=O) groups excluding carboxylic acids is 2. The van der Waals surface area contributed by atoms with Gasteiger partial charge in [-0.05, 0) is 49.4 Å². The number of carbonyl (C=O) groups is 2. The van der Waals surface area contributed by atoms with Crippen LogP contribution in [0.2, 0.25) is 0 Å². The Bertz CT molecular complexity index is 567. The number of rotatable bonds is 3. The van der Waals surface area contributed by atoms with Gasteiger partial charge in [-0.3, -0.25) is 14.9 Å². The second-order valence-electron chi connectivity index (χ2n) is 4.50. The molecule has 1 aromatic rings. The van der Waals surface area contributed by atoms with Gasteiger partial charge >= 0.3 is 0 Å². The largest absolute Gasteiger partial charge is 0.397 e. The molecule has 1 saturated heterocycles. The SMILES string of the molecule is CC(C)Nc1cc(C=C2SC(=O)NC2=O)ccc1N. The fraction of sp³-hybridized carbons (Fsp3) is 0.231. The number of hydrogen-bond acceptors (Lipinski definition) is 5. The monoisotopic (exact) mass is 277 g/mol. The van der Waals surface area contributed by atoms with E-state index in [4.69, 9.17) is 5.73 Å². The molecule has 100 valence electrons. The van der Waals surface area contributed by atoms with Crippen molar-refractivity contribution in [3.8, 4) is 0 Å². The normalized spacial score (nSPS) is 17.1. The molecule has 5 nitrogen and oxygen atoms in total. The van der Waals surface area contributed by atoms with Gasteiger partial charge in [0, 0.05) is 6.04 Å². The van der Waals surface area contributed by atoms with Gasteiger partial charge in [0.1, 0.15) is 0 Å².